The number of halogens is 1. The van der Waals surface area contributed by atoms with E-state index in [1.807, 2.05) is 0 Å². The van der Waals surface area contributed by atoms with E-state index in [1.165, 1.54) is 18.5 Å². The van der Waals surface area contributed by atoms with Gasteiger partial charge in [-0.1, -0.05) is 0 Å². The van der Waals surface area contributed by atoms with E-state index in [-0.39, 0.29) is 11.3 Å². The summed E-state index contributed by atoms with van der Waals surface area (Å²) >= 11 is 0. The summed E-state index contributed by atoms with van der Waals surface area (Å²) in [5.74, 6) is -1.12. The zero-order chi connectivity index (χ0) is 13.1. The van der Waals surface area contributed by atoms with Crippen LogP contribution in [0.15, 0.2) is 30.7 Å². The van der Waals surface area contributed by atoms with Crippen molar-refractivity contribution >= 4 is 17.3 Å². The lowest BCUT2D eigenvalue weighted by molar-refractivity contribution is 0.102. The number of nitrogen functional groups attached to an aromatic ring is 1. The van der Waals surface area contributed by atoms with Crippen molar-refractivity contribution in [3.05, 3.63) is 47.8 Å². The lowest BCUT2D eigenvalue weighted by atomic mass is 10.2. The molecule has 0 bridgehead atoms. The molecule has 0 aliphatic carbocycles. The summed E-state index contributed by atoms with van der Waals surface area (Å²) in [4.78, 5) is 19.4. The minimum atomic E-state index is -0.607. The Labute approximate surface area is 103 Å². The van der Waals surface area contributed by atoms with Crippen LogP contribution in [-0.2, 0) is 0 Å². The normalized spacial score (nSPS) is 10.1. The first-order chi connectivity index (χ1) is 8.58. The predicted molar refractivity (Wildman–Crippen MR) is 65.5 cm³/mol. The number of pyridine rings is 2. The topological polar surface area (TPSA) is 80.9 Å². The van der Waals surface area contributed by atoms with E-state index in [1.54, 1.807) is 13.0 Å². The molecule has 3 N–H and O–H groups in total. The third-order valence-electron chi connectivity index (χ3n) is 2.34. The van der Waals surface area contributed by atoms with Crippen LogP contribution in [0.4, 0.5) is 15.8 Å². The van der Waals surface area contributed by atoms with Crippen molar-refractivity contribution in [2.75, 3.05) is 11.1 Å². The Morgan fingerprint density at radius 2 is 2.22 bits per heavy atom. The quantitative estimate of drug-likeness (QED) is 0.846. The minimum absolute atomic E-state index is 0.0509. The molecule has 1 amide bonds. The van der Waals surface area contributed by atoms with Crippen LogP contribution in [-0.4, -0.2) is 15.9 Å². The van der Waals surface area contributed by atoms with Crippen LogP contribution in [0.25, 0.3) is 0 Å². The molecule has 0 spiro atoms. The SMILES string of the molecule is Cc1cc(N)c(C(=O)Nc2ccncc2F)cn1. The molecule has 0 aliphatic heterocycles. The molecule has 18 heavy (non-hydrogen) atoms. The van der Waals surface area contributed by atoms with Crippen molar-refractivity contribution in [1.29, 1.82) is 0 Å². The number of aryl methyl sites for hydroxylation is 1. The minimum Gasteiger partial charge on any atom is -0.398 e. The number of nitrogens with zero attached hydrogens (tertiary/aromatic N) is 2. The van der Waals surface area contributed by atoms with Gasteiger partial charge in [-0.25, -0.2) is 4.39 Å². The molecular weight excluding hydrogens is 235 g/mol. The van der Waals surface area contributed by atoms with Gasteiger partial charge >= 0.3 is 0 Å². The molecule has 6 heteroatoms. The average molecular weight is 246 g/mol. The van der Waals surface area contributed by atoms with E-state index in [0.29, 0.717) is 11.4 Å². The van der Waals surface area contributed by atoms with Crippen LogP contribution in [0, 0.1) is 12.7 Å². The molecule has 0 aromatic carbocycles. The third kappa shape index (κ3) is 2.42. The number of amides is 1. The molecule has 0 unspecified atom stereocenters. The van der Waals surface area contributed by atoms with Crippen LogP contribution in [0.3, 0.4) is 0 Å². The average Bonchev–Trinajstić information content (AvgIpc) is 2.32. The molecule has 0 fully saturated rings. The first kappa shape index (κ1) is 12.0. The van der Waals surface area contributed by atoms with E-state index < -0.39 is 11.7 Å². The summed E-state index contributed by atoms with van der Waals surface area (Å²) < 4.78 is 13.3. The highest BCUT2D eigenvalue weighted by molar-refractivity contribution is 6.07. The predicted octanol–water partition coefficient (Wildman–Crippen LogP) is 1.76. The zero-order valence-electron chi connectivity index (χ0n) is 9.64. The van der Waals surface area contributed by atoms with Gasteiger partial charge in [0.1, 0.15) is 0 Å². The molecule has 0 radical (unpaired) electrons. The van der Waals surface area contributed by atoms with Gasteiger partial charge in [-0.2, -0.15) is 0 Å². The molecule has 92 valence electrons. The Bertz CT molecular complexity index is 600. The Kier molecular flexibility index (Phi) is 3.18. The van der Waals surface area contributed by atoms with Crippen molar-refractivity contribution in [2.45, 2.75) is 6.92 Å². The van der Waals surface area contributed by atoms with E-state index in [4.69, 9.17) is 5.73 Å². The van der Waals surface area contributed by atoms with Gasteiger partial charge in [-0.3, -0.25) is 14.8 Å². The van der Waals surface area contributed by atoms with Crippen molar-refractivity contribution in [1.82, 2.24) is 9.97 Å². The summed E-state index contributed by atoms with van der Waals surface area (Å²) in [5.41, 5.74) is 6.97. The second-order valence-corrected chi connectivity index (χ2v) is 3.72. The maximum atomic E-state index is 13.3. The highest BCUT2D eigenvalue weighted by Crippen LogP contribution is 2.16. The zero-order valence-corrected chi connectivity index (χ0v) is 9.64. The highest BCUT2D eigenvalue weighted by atomic mass is 19.1. The molecule has 2 rings (SSSR count). The summed E-state index contributed by atoms with van der Waals surface area (Å²) in [6, 6.07) is 2.95. The maximum absolute atomic E-state index is 13.3. The molecule has 5 nitrogen and oxygen atoms in total. The first-order valence-corrected chi connectivity index (χ1v) is 5.21. The van der Waals surface area contributed by atoms with E-state index in [9.17, 15) is 9.18 Å². The smallest absolute Gasteiger partial charge is 0.259 e. The highest BCUT2D eigenvalue weighted by Gasteiger charge is 2.12. The van der Waals surface area contributed by atoms with Gasteiger partial charge in [0.05, 0.1) is 17.4 Å². The molecule has 2 heterocycles. The number of aromatic nitrogens is 2. The maximum Gasteiger partial charge on any atom is 0.259 e. The molecule has 0 saturated heterocycles. The fraction of sp³-hybridized carbons (Fsp3) is 0.0833. The fourth-order valence-corrected chi connectivity index (χ4v) is 1.44. The lowest BCUT2D eigenvalue weighted by Gasteiger charge is -2.08. The van der Waals surface area contributed by atoms with Gasteiger partial charge in [0, 0.05) is 23.8 Å². The van der Waals surface area contributed by atoms with Gasteiger partial charge in [-0.15, -0.1) is 0 Å². The molecule has 2 aromatic heterocycles. The van der Waals surface area contributed by atoms with Gasteiger partial charge in [0.25, 0.3) is 5.91 Å². The number of carbonyl (C=O) groups is 1. The summed E-state index contributed by atoms with van der Waals surface area (Å²) in [5, 5.41) is 2.41. The summed E-state index contributed by atoms with van der Waals surface area (Å²) in [6.07, 6.45) is 3.76. The van der Waals surface area contributed by atoms with Crippen LogP contribution >= 0.6 is 0 Å². The van der Waals surface area contributed by atoms with Crippen LogP contribution in [0.1, 0.15) is 16.1 Å². The largest absolute Gasteiger partial charge is 0.398 e. The van der Waals surface area contributed by atoms with E-state index in [2.05, 4.69) is 15.3 Å². The van der Waals surface area contributed by atoms with E-state index >= 15 is 0 Å². The number of carbonyl (C=O) groups excluding carboxylic acids is 1. The fourth-order valence-electron chi connectivity index (χ4n) is 1.44. The van der Waals surface area contributed by atoms with Crippen molar-refractivity contribution in [3.8, 4) is 0 Å². The standard InChI is InChI=1S/C12H11FN4O/c1-7-4-10(14)8(5-16-7)12(18)17-11-2-3-15-6-9(11)13/h2-6H,1H3,(H2,14,16)(H,15,17,18). The summed E-state index contributed by atoms with van der Waals surface area (Å²) in [7, 11) is 0. The number of nitrogens with two attached hydrogens (primary N) is 1. The summed E-state index contributed by atoms with van der Waals surface area (Å²) in [6.45, 7) is 1.76. The van der Waals surface area contributed by atoms with Crippen molar-refractivity contribution < 1.29 is 9.18 Å². The lowest BCUT2D eigenvalue weighted by Crippen LogP contribution is -2.15. The van der Waals surface area contributed by atoms with Gasteiger partial charge in [-0.05, 0) is 19.1 Å². The Morgan fingerprint density at radius 3 is 2.89 bits per heavy atom. The van der Waals surface area contributed by atoms with Crippen molar-refractivity contribution in [2.24, 2.45) is 0 Å². The molecule has 0 saturated carbocycles. The van der Waals surface area contributed by atoms with Crippen LogP contribution in [0.5, 0.6) is 0 Å². The van der Waals surface area contributed by atoms with Crippen LogP contribution in [0.2, 0.25) is 0 Å². The number of hydrogen-bond donors (Lipinski definition) is 2. The Balaban J connectivity index is 2.25. The first-order valence-electron chi connectivity index (χ1n) is 5.21. The Hall–Kier alpha value is -2.50. The van der Waals surface area contributed by atoms with Crippen molar-refractivity contribution in [3.63, 3.8) is 0 Å². The second-order valence-electron chi connectivity index (χ2n) is 3.72. The molecular formula is C12H11FN4O. The second kappa shape index (κ2) is 4.79. The Morgan fingerprint density at radius 1 is 1.44 bits per heavy atom. The number of nitrogens with one attached hydrogen (secondary N) is 1. The molecule has 0 atom stereocenters. The van der Waals surface area contributed by atoms with Gasteiger partial charge < -0.3 is 11.1 Å². The number of anilines is 2. The van der Waals surface area contributed by atoms with Gasteiger partial charge in [0.2, 0.25) is 0 Å². The van der Waals surface area contributed by atoms with E-state index in [0.717, 1.165) is 6.20 Å². The monoisotopic (exact) mass is 246 g/mol. The molecule has 0 aliphatic rings. The third-order valence-corrected chi connectivity index (χ3v) is 2.34. The molecule has 2 aromatic rings. The number of hydrogen-bond acceptors (Lipinski definition) is 4. The number of rotatable bonds is 2. The van der Waals surface area contributed by atoms with Gasteiger partial charge in [0.15, 0.2) is 5.82 Å². The van der Waals surface area contributed by atoms with Crippen LogP contribution < -0.4 is 11.1 Å².